The van der Waals surface area contributed by atoms with Gasteiger partial charge in [0, 0.05) is 19.6 Å². The van der Waals surface area contributed by atoms with E-state index >= 15 is 0 Å². The lowest BCUT2D eigenvalue weighted by atomic mass is 9.89. The molecular formula is C19H30ClN3O2. The Morgan fingerprint density at radius 1 is 1.32 bits per heavy atom. The van der Waals surface area contributed by atoms with E-state index in [0.29, 0.717) is 19.6 Å². The van der Waals surface area contributed by atoms with Gasteiger partial charge in [-0.25, -0.2) is 0 Å². The number of nitrogens with one attached hydrogen (secondary N) is 1. The number of amides is 2. The van der Waals surface area contributed by atoms with Gasteiger partial charge in [0.05, 0.1) is 5.92 Å². The molecule has 1 aromatic rings. The third kappa shape index (κ3) is 5.44. The van der Waals surface area contributed by atoms with Crippen LogP contribution in [-0.4, -0.2) is 36.3 Å². The number of nitrogens with two attached hydrogens (primary N) is 1. The van der Waals surface area contributed by atoms with Gasteiger partial charge in [-0.1, -0.05) is 43.7 Å². The molecule has 140 valence electrons. The van der Waals surface area contributed by atoms with Gasteiger partial charge in [-0.05, 0) is 31.7 Å². The highest BCUT2D eigenvalue weighted by Gasteiger charge is 2.37. The molecule has 1 aromatic carbocycles. The first-order valence-electron chi connectivity index (χ1n) is 8.88. The van der Waals surface area contributed by atoms with Crippen LogP contribution in [0.3, 0.4) is 0 Å². The molecule has 1 aliphatic rings. The maximum absolute atomic E-state index is 12.9. The Labute approximate surface area is 156 Å². The average Bonchev–Trinajstić information content (AvgIpc) is 2.62. The zero-order valence-corrected chi connectivity index (χ0v) is 16.0. The highest BCUT2D eigenvalue weighted by atomic mass is 35.5. The molecule has 0 aliphatic carbocycles. The molecule has 1 fully saturated rings. The van der Waals surface area contributed by atoms with Crippen LogP contribution in [0.15, 0.2) is 30.3 Å². The second-order valence-corrected chi connectivity index (χ2v) is 6.80. The number of hydrogen-bond donors (Lipinski definition) is 2. The first kappa shape index (κ1) is 21.5. The molecule has 0 radical (unpaired) electrons. The Hall–Kier alpha value is -1.59. The third-order valence-corrected chi connectivity index (χ3v) is 4.73. The van der Waals surface area contributed by atoms with Crippen molar-refractivity contribution in [1.82, 2.24) is 10.2 Å². The summed E-state index contributed by atoms with van der Waals surface area (Å²) in [5, 5.41) is 2.98. The smallest absolute Gasteiger partial charge is 0.246 e. The zero-order valence-electron chi connectivity index (χ0n) is 15.2. The molecule has 1 saturated heterocycles. The fourth-order valence-corrected chi connectivity index (χ4v) is 3.14. The van der Waals surface area contributed by atoms with Crippen molar-refractivity contribution in [1.29, 1.82) is 0 Å². The summed E-state index contributed by atoms with van der Waals surface area (Å²) in [5.74, 6) is -0.190. The highest BCUT2D eigenvalue weighted by molar-refractivity contribution is 5.88. The summed E-state index contributed by atoms with van der Waals surface area (Å²) in [6.07, 6.45) is 3.70. The van der Waals surface area contributed by atoms with E-state index in [1.165, 1.54) is 0 Å². The number of benzene rings is 1. The molecule has 0 saturated carbocycles. The summed E-state index contributed by atoms with van der Waals surface area (Å²) in [6.45, 7) is 5.67. The maximum atomic E-state index is 12.9. The second-order valence-electron chi connectivity index (χ2n) is 6.80. The van der Waals surface area contributed by atoms with Crippen LogP contribution in [0.2, 0.25) is 0 Å². The van der Waals surface area contributed by atoms with Crippen LogP contribution in [0.25, 0.3) is 0 Å². The van der Waals surface area contributed by atoms with Crippen LogP contribution in [0.1, 0.15) is 45.1 Å². The van der Waals surface area contributed by atoms with Gasteiger partial charge in [0.25, 0.3) is 0 Å². The fourth-order valence-electron chi connectivity index (χ4n) is 3.14. The molecule has 2 atom stereocenters. The van der Waals surface area contributed by atoms with Crippen molar-refractivity contribution >= 4 is 24.2 Å². The van der Waals surface area contributed by atoms with E-state index in [1.54, 1.807) is 11.8 Å². The van der Waals surface area contributed by atoms with Crippen LogP contribution in [0.5, 0.6) is 0 Å². The SMILES string of the molecule is CCCCNC(=O)C1CCCN(C(=O)C(C)(N)c2ccccc2)C1.Cl. The summed E-state index contributed by atoms with van der Waals surface area (Å²) < 4.78 is 0. The van der Waals surface area contributed by atoms with Crippen LogP contribution in [0.4, 0.5) is 0 Å². The standard InChI is InChI=1S/C19H29N3O2.ClH/c1-3-4-12-21-17(23)15-9-8-13-22(14-15)18(24)19(2,20)16-10-6-5-7-11-16;/h5-7,10-11,15H,3-4,8-9,12-14,20H2,1-2H3,(H,21,23);1H. The van der Waals surface area contributed by atoms with Gasteiger partial charge >= 0.3 is 0 Å². The molecule has 1 aliphatic heterocycles. The lowest BCUT2D eigenvalue weighted by Crippen LogP contribution is -2.55. The first-order chi connectivity index (χ1) is 11.5. The highest BCUT2D eigenvalue weighted by Crippen LogP contribution is 2.24. The molecule has 2 unspecified atom stereocenters. The Morgan fingerprint density at radius 2 is 2.00 bits per heavy atom. The Bertz CT molecular complexity index is 563. The zero-order chi connectivity index (χ0) is 17.6. The van der Waals surface area contributed by atoms with Crippen molar-refractivity contribution in [2.45, 2.75) is 45.1 Å². The van der Waals surface area contributed by atoms with E-state index in [9.17, 15) is 9.59 Å². The molecule has 0 aromatic heterocycles. The van der Waals surface area contributed by atoms with E-state index in [2.05, 4.69) is 12.2 Å². The number of carbonyl (C=O) groups excluding carboxylic acids is 2. The predicted molar refractivity (Wildman–Crippen MR) is 102 cm³/mol. The van der Waals surface area contributed by atoms with E-state index in [1.807, 2.05) is 30.3 Å². The summed E-state index contributed by atoms with van der Waals surface area (Å²) in [5.41, 5.74) is 6.07. The van der Waals surface area contributed by atoms with Crippen molar-refractivity contribution in [2.75, 3.05) is 19.6 Å². The number of likely N-dealkylation sites (tertiary alicyclic amines) is 1. The number of nitrogens with zero attached hydrogens (tertiary/aromatic N) is 1. The van der Waals surface area contributed by atoms with E-state index < -0.39 is 5.54 Å². The van der Waals surface area contributed by atoms with Crippen molar-refractivity contribution in [3.8, 4) is 0 Å². The van der Waals surface area contributed by atoms with E-state index in [0.717, 1.165) is 31.2 Å². The molecular weight excluding hydrogens is 338 g/mol. The Balaban J connectivity index is 0.00000312. The van der Waals surface area contributed by atoms with Crippen molar-refractivity contribution in [3.05, 3.63) is 35.9 Å². The van der Waals surface area contributed by atoms with Gasteiger partial charge in [-0.2, -0.15) is 0 Å². The number of unbranched alkanes of at least 4 members (excludes halogenated alkanes) is 1. The quantitative estimate of drug-likeness (QED) is 0.758. The monoisotopic (exact) mass is 367 g/mol. The van der Waals surface area contributed by atoms with Crippen molar-refractivity contribution < 1.29 is 9.59 Å². The number of piperidine rings is 1. The molecule has 0 spiro atoms. The van der Waals surface area contributed by atoms with Gasteiger partial charge in [0.1, 0.15) is 5.54 Å². The lowest BCUT2D eigenvalue weighted by Gasteiger charge is -2.37. The molecule has 6 heteroatoms. The molecule has 0 bridgehead atoms. The van der Waals surface area contributed by atoms with Crippen molar-refractivity contribution in [3.63, 3.8) is 0 Å². The molecule has 5 nitrogen and oxygen atoms in total. The normalized spacial score (nSPS) is 19.5. The van der Waals surface area contributed by atoms with Gasteiger partial charge in [-0.3, -0.25) is 9.59 Å². The number of halogens is 1. The van der Waals surface area contributed by atoms with Crippen LogP contribution in [0, 0.1) is 5.92 Å². The second kappa shape index (κ2) is 9.78. The largest absolute Gasteiger partial charge is 0.356 e. The van der Waals surface area contributed by atoms with Gasteiger partial charge < -0.3 is 16.0 Å². The Morgan fingerprint density at radius 3 is 2.64 bits per heavy atom. The minimum absolute atomic E-state index is 0. The first-order valence-corrected chi connectivity index (χ1v) is 8.88. The van der Waals surface area contributed by atoms with E-state index in [-0.39, 0.29) is 30.1 Å². The van der Waals surface area contributed by atoms with Gasteiger partial charge in [0.2, 0.25) is 11.8 Å². The van der Waals surface area contributed by atoms with Gasteiger partial charge in [0.15, 0.2) is 0 Å². The molecule has 1 heterocycles. The summed E-state index contributed by atoms with van der Waals surface area (Å²) in [4.78, 5) is 26.9. The average molecular weight is 368 g/mol. The molecule has 3 N–H and O–H groups in total. The maximum Gasteiger partial charge on any atom is 0.246 e. The predicted octanol–water partition coefficient (Wildman–Crippen LogP) is 2.44. The van der Waals surface area contributed by atoms with Crippen LogP contribution < -0.4 is 11.1 Å². The molecule has 2 amide bonds. The number of carbonyl (C=O) groups is 2. The fraction of sp³-hybridized carbons (Fsp3) is 0.579. The minimum Gasteiger partial charge on any atom is -0.356 e. The van der Waals surface area contributed by atoms with E-state index in [4.69, 9.17) is 5.73 Å². The topological polar surface area (TPSA) is 75.4 Å². The Kier molecular flexibility index (Phi) is 8.39. The lowest BCUT2D eigenvalue weighted by molar-refractivity contribution is -0.140. The molecule has 25 heavy (non-hydrogen) atoms. The van der Waals surface area contributed by atoms with Gasteiger partial charge in [-0.15, -0.1) is 12.4 Å². The summed E-state index contributed by atoms with van der Waals surface area (Å²) >= 11 is 0. The van der Waals surface area contributed by atoms with Crippen molar-refractivity contribution in [2.24, 2.45) is 11.7 Å². The number of rotatable bonds is 6. The summed E-state index contributed by atoms with van der Waals surface area (Å²) in [6, 6.07) is 9.41. The summed E-state index contributed by atoms with van der Waals surface area (Å²) in [7, 11) is 0. The third-order valence-electron chi connectivity index (χ3n) is 4.73. The number of hydrogen-bond acceptors (Lipinski definition) is 3. The minimum atomic E-state index is -1.07. The molecule has 2 rings (SSSR count). The van der Waals surface area contributed by atoms with Crippen LogP contribution in [-0.2, 0) is 15.1 Å². The van der Waals surface area contributed by atoms with Crippen LogP contribution >= 0.6 is 12.4 Å².